The molecule has 0 spiro atoms. The summed E-state index contributed by atoms with van der Waals surface area (Å²) in [7, 11) is -1.57. The minimum absolute atomic E-state index is 0.0250. The van der Waals surface area contributed by atoms with Crippen LogP contribution in [0.1, 0.15) is 36.9 Å². The van der Waals surface area contributed by atoms with Crippen molar-refractivity contribution in [2.75, 3.05) is 18.7 Å². The molecule has 2 unspecified atom stereocenters. The molecule has 0 saturated heterocycles. The minimum atomic E-state index is -3.27. The van der Waals surface area contributed by atoms with E-state index in [1.807, 2.05) is 19.1 Å². The van der Waals surface area contributed by atoms with E-state index in [-0.39, 0.29) is 17.7 Å². The van der Waals surface area contributed by atoms with Crippen molar-refractivity contribution in [1.29, 1.82) is 0 Å². The maximum atomic E-state index is 12.5. The first-order chi connectivity index (χ1) is 9.45. The molecule has 0 saturated carbocycles. The largest absolute Gasteiger partial charge is 0.214 e. The summed E-state index contributed by atoms with van der Waals surface area (Å²) in [6.45, 7) is 1.87. The summed E-state index contributed by atoms with van der Waals surface area (Å²) in [6.07, 6.45) is 2.97. The van der Waals surface area contributed by atoms with E-state index in [1.54, 1.807) is 11.4 Å². The van der Waals surface area contributed by atoms with Crippen molar-refractivity contribution in [3.8, 4) is 0 Å². The fourth-order valence-corrected chi connectivity index (χ4v) is 4.74. The number of fused-ring (bicyclic) bond motifs is 1. The van der Waals surface area contributed by atoms with Gasteiger partial charge in [-0.2, -0.15) is 4.31 Å². The number of rotatable bonds is 5. The molecule has 1 aromatic rings. The lowest BCUT2D eigenvalue weighted by atomic mass is 9.88. The van der Waals surface area contributed by atoms with E-state index in [1.165, 1.54) is 5.56 Å². The lowest BCUT2D eigenvalue weighted by Gasteiger charge is -2.33. The van der Waals surface area contributed by atoms with Crippen LogP contribution in [0.4, 0.5) is 0 Å². The van der Waals surface area contributed by atoms with Gasteiger partial charge in [-0.05, 0) is 36.3 Å². The number of halogens is 1. The van der Waals surface area contributed by atoms with Crippen LogP contribution in [-0.2, 0) is 16.4 Å². The van der Waals surface area contributed by atoms with Crippen molar-refractivity contribution in [2.45, 2.75) is 32.2 Å². The highest BCUT2D eigenvalue weighted by molar-refractivity contribution is 7.89. The summed E-state index contributed by atoms with van der Waals surface area (Å²) in [5.74, 6) is 0.461. The zero-order valence-corrected chi connectivity index (χ0v) is 13.6. The number of aryl methyl sites for hydroxylation is 1. The Hall–Kier alpha value is -0.580. The summed E-state index contributed by atoms with van der Waals surface area (Å²) in [4.78, 5) is 0. The molecule has 0 aliphatic heterocycles. The molecule has 0 heterocycles. The van der Waals surface area contributed by atoms with Crippen molar-refractivity contribution < 1.29 is 8.42 Å². The van der Waals surface area contributed by atoms with Gasteiger partial charge in [0.15, 0.2) is 0 Å². The summed E-state index contributed by atoms with van der Waals surface area (Å²) in [5, 5.41) is 0. The van der Waals surface area contributed by atoms with Crippen LogP contribution in [0.2, 0.25) is 0 Å². The third-order valence-electron chi connectivity index (χ3n) is 3.97. The molecule has 112 valence electrons. The van der Waals surface area contributed by atoms with Gasteiger partial charge in [-0.3, -0.25) is 0 Å². The molecule has 0 bridgehead atoms. The molecular formula is C15H22ClNO2S. The average Bonchev–Trinajstić information content (AvgIpc) is 2.45. The first kappa shape index (κ1) is 15.8. The fraction of sp³-hybridized carbons (Fsp3) is 0.600. The molecule has 2 rings (SSSR count). The number of benzene rings is 1. The van der Waals surface area contributed by atoms with Crippen LogP contribution >= 0.6 is 11.6 Å². The van der Waals surface area contributed by atoms with Gasteiger partial charge in [0.05, 0.1) is 5.75 Å². The van der Waals surface area contributed by atoms with E-state index in [4.69, 9.17) is 11.6 Å². The van der Waals surface area contributed by atoms with Crippen molar-refractivity contribution in [3.05, 3.63) is 35.4 Å². The summed E-state index contributed by atoms with van der Waals surface area (Å²) >= 11 is 5.75. The van der Waals surface area contributed by atoms with E-state index >= 15 is 0 Å². The summed E-state index contributed by atoms with van der Waals surface area (Å²) in [5.41, 5.74) is 2.43. The van der Waals surface area contributed by atoms with Crippen molar-refractivity contribution >= 4 is 21.6 Å². The number of hydrogen-bond acceptors (Lipinski definition) is 2. The van der Waals surface area contributed by atoms with E-state index in [0.717, 1.165) is 24.8 Å². The molecule has 1 aliphatic rings. The third kappa shape index (κ3) is 3.35. The molecule has 0 N–H and O–H groups in total. The van der Waals surface area contributed by atoms with Crippen molar-refractivity contribution in [3.63, 3.8) is 0 Å². The lowest BCUT2D eigenvalue weighted by Crippen LogP contribution is -2.36. The van der Waals surface area contributed by atoms with Gasteiger partial charge >= 0.3 is 0 Å². The van der Waals surface area contributed by atoms with E-state index < -0.39 is 10.0 Å². The average molecular weight is 316 g/mol. The SMILES string of the molecule is CC(CCl)CS(=O)(=O)N(C)C1CCCc2ccccc21. The minimum Gasteiger partial charge on any atom is -0.212 e. The molecule has 5 heteroatoms. The van der Waals surface area contributed by atoms with Gasteiger partial charge in [0.25, 0.3) is 0 Å². The van der Waals surface area contributed by atoms with Gasteiger partial charge in [-0.15, -0.1) is 11.6 Å². The Morgan fingerprint density at radius 3 is 2.80 bits per heavy atom. The Labute approximate surface area is 127 Å². The standard InChI is InChI=1S/C15H22ClNO2S/c1-12(10-16)11-20(18,19)17(2)15-9-5-7-13-6-3-4-8-14(13)15/h3-4,6,8,12,15H,5,7,9-11H2,1-2H3. The Balaban J connectivity index is 2.24. The summed E-state index contributed by atoms with van der Waals surface area (Å²) in [6, 6.07) is 8.12. The molecule has 0 fully saturated rings. The second kappa shape index (κ2) is 6.46. The maximum absolute atomic E-state index is 12.5. The molecule has 0 aromatic heterocycles. The second-order valence-corrected chi connectivity index (χ2v) is 8.04. The topological polar surface area (TPSA) is 37.4 Å². The van der Waals surface area contributed by atoms with Crippen molar-refractivity contribution in [2.24, 2.45) is 5.92 Å². The molecule has 1 aliphatic carbocycles. The highest BCUT2D eigenvalue weighted by Crippen LogP contribution is 2.35. The molecule has 20 heavy (non-hydrogen) atoms. The first-order valence-electron chi connectivity index (χ1n) is 7.05. The normalized spacial score (nSPS) is 20.7. The van der Waals surface area contributed by atoms with E-state index in [2.05, 4.69) is 12.1 Å². The zero-order valence-electron chi connectivity index (χ0n) is 12.0. The highest BCUT2D eigenvalue weighted by Gasteiger charge is 2.31. The number of nitrogens with zero attached hydrogens (tertiary/aromatic N) is 1. The van der Waals surface area contributed by atoms with Crippen LogP contribution in [0.5, 0.6) is 0 Å². The zero-order chi connectivity index (χ0) is 14.8. The second-order valence-electron chi connectivity index (χ2n) is 5.66. The molecule has 3 nitrogen and oxygen atoms in total. The van der Waals surface area contributed by atoms with Gasteiger partial charge in [-0.25, -0.2) is 8.42 Å². The Morgan fingerprint density at radius 1 is 1.40 bits per heavy atom. The predicted octanol–water partition coefficient (Wildman–Crippen LogP) is 3.20. The van der Waals surface area contributed by atoms with Crippen LogP contribution in [0, 0.1) is 5.92 Å². The van der Waals surface area contributed by atoms with Gasteiger partial charge in [-0.1, -0.05) is 31.2 Å². The number of sulfonamides is 1. The van der Waals surface area contributed by atoms with Gasteiger partial charge < -0.3 is 0 Å². The monoisotopic (exact) mass is 315 g/mol. The van der Waals surface area contributed by atoms with Crippen LogP contribution in [0.25, 0.3) is 0 Å². The Bertz CT molecular complexity index is 559. The number of alkyl halides is 1. The van der Waals surface area contributed by atoms with E-state index in [0.29, 0.717) is 5.88 Å². The maximum Gasteiger partial charge on any atom is 0.214 e. The highest BCUT2D eigenvalue weighted by atomic mass is 35.5. The molecule has 0 radical (unpaired) electrons. The Kier molecular flexibility index (Phi) is 5.10. The number of hydrogen-bond donors (Lipinski definition) is 0. The van der Waals surface area contributed by atoms with Gasteiger partial charge in [0, 0.05) is 19.0 Å². The lowest BCUT2D eigenvalue weighted by molar-refractivity contribution is 0.335. The molecule has 2 atom stereocenters. The smallest absolute Gasteiger partial charge is 0.212 e. The van der Waals surface area contributed by atoms with Crippen molar-refractivity contribution in [1.82, 2.24) is 4.31 Å². The quantitative estimate of drug-likeness (QED) is 0.782. The van der Waals surface area contributed by atoms with Crippen LogP contribution < -0.4 is 0 Å². The van der Waals surface area contributed by atoms with Crippen LogP contribution in [0.15, 0.2) is 24.3 Å². The van der Waals surface area contributed by atoms with Gasteiger partial charge in [0.2, 0.25) is 10.0 Å². The van der Waals surface area contributed by atoms with Crippen LogP contribution in [-0.4, -0.2) is 31.4 Å². The first-order valence-corrected chi connectivity index (χ1v) is 9.19. The third-order valence-corrected chi connectivity index (χ3v) is 6.62. The fourth-order valence-electron chi connectivity index (χ4n) is 2.82. The van der Waals surface area contributed by atoms with Gasteiger partial charge in [0.1, 0.15) is 0 Å². The predicted molar refractivity (Wildman–Crippen MR) is 83.6 cm³/mol. The summed E-state index contributed by atoms with van der Waals surface area (Å²) < 4.78 is 26.5. The Morgan fingerprint density at radius 2 is 2.10 bits per heavy atom. The molecule has 1 aromatic carbocycles. The van der Waals surface area contributed by atoms with Crippen LogP contribution in [0.3, 0.4) is 0 Å². The molecule has 0 amide bonds. The van der Waals surface area contributed by atoms with E-state index in [9.17, 15) is 8.42 Å². The molecular weight excluding hydrogens is 294 g/mol.